The minimum Gasteiger partial charge on any atom is -0.460 e. The Morgan fingerprint density at radius 1 is 0.857 bits per heavy atom. The first-order chi connectivity index (χ1) is 27.4. The van der Waals surface area contributed by atoms with Gasteiger partial charge in [-0.15, -0.1) is 5.73 Å². The highest BCUT2D eigenvalue weighted by Crippen LogP contribution is 2.44. The number of aryl methyl sites for hydroxylation is 2. The number of nitrogens with one attached hydrogen (secondary N) is 1. The van der Waals surface area contributed by atoms with Crippen molar-refractivity contribution in [3.8, 4) is 0 Å². The van der Waals surface area contributed by atoms with E-state index in [9.17, 15) is 0 Å². The number of fused-ring (bicyclic) bond motifs is 3. The third-order valence-corrected chi connectivity index (χ3v) is 8.25. The zero-order chi connectivity index (χ0) is 41.7. The monoisotopic (exact) mass is 751 g/mol. The molecule has 1 aromatic heterocycles. The Morgan fingerprint density at radius 2 is 1.45 bits per heavy atom. The highest BCUT2D eigenvalue weighted by atomic mass is 16.3. The summed E-state index contributed by atoms with van der Waals surface area (Å²) >= 11 is 0. The first-order valence-corrected chi connectivity index (χ1v) is 20.0. The number of allylic oxidation sites excluding steroid dienone is 5. The van der Waals surface area contributed by atoms with E-state index in [2.05, 4.69) is 97.5 Å². The van der Waals surface area contributed by atoms with Gasteiger partial charge >= 0.3 is 0 Å². The quantitative estimate of drug-likeness (QED) is 0.0987. The Labute approximate surface area is 338 Å². The summed E-state index contributed by atoms with van der Waals surface area (Å²) in [5.74, 6) is 1.09. The van der Waals surface area contributed by atoms with Crippen LogP contribution >= 0.6 is 0 Å². The minimum atomic E-state index is 0.333. The van der Waals surface area contributed by atoms with Crippen LogP contribution in [0.4, 0.5) is 11.4 Å². The number of hydrogen-bond acceptors (Lipinski definition) is 5. The van der Waals surface area contributed by atoms with Crippen molar-refractivity contribution in [2.45, 2.75) is 81.1 Å². The van der Waals surface area contributed by atoms with Gasteiger partial charge in [0.15, 0.2) is 0 Å². The molecule has 0 saturated carbocycles. The number of benzene rings is 4. The van der Waals surface area contributed by atoms with Gasteiger partial charge < -0.3 is 15.1 Å². The molecule has 7 rings (SSSR count). The first kappa shape index (κ1) is 48.3. The lowest BCUT2D eigenvalue weighted by Gasteiger charge is -2.24. The summed E-state index contributed by atoms with van der Waals surface area (Å²) in [6.07, 6.45) is 16.2. The van der Waals surface area contributed by atoms with Crippen LogP contribution in [0.15, 0.2) is 149 Å². The van der Waals surface area contributed by atoms with E-state index in [-0.39, 0.29) is 0 Å². The third-order valence-electron chi connectivity index (χ3n) is 8.25. The van der Waals surface area contributed by atoms with Crippen LogP contribution in [0.25, 0.3) is 22.6 Å². The molecule has 4 aromatic carbocycles. The average molecular weight is 751 g/mol. The predicted octanol–water partition coefficient (Wildman–Crippen LogP) is 14.3. The molecule has 0 fully saturated rings. The van der Waals surface area contributed by atoms with Gasteiger partial charge in [0.2, 0.25) is 0 Å². The van der Waals surface area contributed by atoms with Crippen LogP contribution in [-0.4, -0.2) is 26.1 Å². The van der Waals surface area contributed by atoms with E-state index in [1.807, 2.05) is 121 Å². The smallest absolute Gasteiger partial charge is 0.135 e. The summed E-state index contributed by atoms with van der Waals surface area (Å²) in [7, 11) is 2.11. The van der Waals surface area contributed by atoms with Crippen molar-refractivity contribution in [3.63, 3.8) is 0 Å². The summed E-state index contributed by atoms with van der Waals surface area (Å²) in [6, 6.07) is 32.7. The molecule has 0 atom stereocenters. The molecule has 1 heterocycles. The lowest BCUT2D eigenvalue weighted by Crippen LogP contribution is -2.12. The van der Waals surface area contributed by atoms with Gasteiger partial charge in [-0.05, 0) is 75.7 Å². The van der Waals surface area contributed by atoms with Crippen LogP contribution in [0.1, 0.15) is 101 Å². The van der Waals surface area contributed by atoms with Crippen LogP contribution in [0.2, 0.25) is 0 Å². The van der Waals surface area contributed by atoms with Crippen molar-refractivity contribution in [2.75, 3.05) is 18.6 Å². The molecule has 3 N–H and O–H groups in total. The molecule has 0 aliphatic heterocycles. The van der Waals surface area contributed by atoms with E-state index < -0.39 is 0 Å². The maximum absolute atomic E-state index is 8.58. The molecule has 2 aliphatic carbocycles. The van der Waals surface area contributed by atoms with E-state index in [1.165, 1.54) is 27.6 Å². The highest BCUT2D eigenvalue weighted by molar-refractivity contribution is 6.11. The number of hydrogen-bond donors (Lipinski definition) is 2. The van der Waals surface area contributed by atoms with E-state index in [4.69, 9.17) is 15.6 Å². The van der Waals surface area contributed by atoms with Crippen LogP contribution in [0.5, 0.6) is 0 Å². The minimum absolute atomic E-state index is 0.333. The zero-order valence-electron chi connectivity index (χ0n) is 35.5. The normalized spacial score (nSPS) is 11.4. The second-order valence-electron chi connectivity index (χ2n) is 11.7. The van der Waals surface area contributed by atoms with Gasteiger partial charge in [0.1, 0.15) is 11.3 Å². The molecule has 0 spiro atoms. The number of nitrogens with zero attached hydrogens (tertiary/aromatic N) is 2. The summed E-state index contributed by atoms with van der Waals surface area (Å²) in [4.78, 5) is 5.50. The Morgan fingerprint density at radius 3 is 1.93 bits per heavy atom. The van der Waals surface area contributed by atoms with Crippen molar-refractivity contribution in [1.82, 2.24) is 0 Å². The first-order valence-electron chi connectivity index (χ1n) is 20.0. The Kier molecular flexibility index (Phi) is 24.7. The van der Waals surface area contributed by atoms with E-state index in [0.717, 1.165) is 59.5 Å². The molecule has 5 aromatic rings. The molecule has 0 saturated heterocycles. The topological polar surface area (TPSA) is 78.6 Å². The van der Waals surface area contributed by atoms with Gasteiger partial charge in [0, 0.05) is 52.5 Å². The molecule has 56 heavy (non-hydrogen) atoms. The maximum atomic E-state index is 8.58. The molecule has 0 unspecified atom stereocenters. The fraction of sp³-hybridized carbons (Fsp3) is 0.275. The standard InChI is InChI=1S/C31H26N2O.C7H8.C5H8.C2H6N2.3C2H6/c1-33(24-17-15-23(16-18-24)31(32)22-11-3-2-4-12-22)26-19-20-28-30(29(26)21-9-5-6-10-21)25-13-7-8-14-27(25)34-28;1-7-5-3-2-4-6-7;1-3-5-4-2;1-4-2-3;3*1-2/h2-5,7,11-13,15-20,32H,6,8,10,14H2,1H3;2-6H,1H3;3-5H,1H2,2H3;1-3H2;3*1-2H3/b;;5-4-;;;;. The number of rotatable bonds is 7. The number of aliphatic imine (C=N–C) groups is 1. The van der Waals surface area contributed by atoms with Gasteiger partial charge in [-0.3, -0.25) is 10.4 Å². The van der Waals surface area contributed by atoms with Crippen LogP contribution < -0.4 is 10.6 Å². The lowest BCUT2D eigenvalue weighted by atomic mass is 9.93. The van der Waals surface area contributed by atoms with E-state index >= 15 is 0 Å². The van der Waals surface area contributed by atoms with Crippen molar-refractivity contribution in [1.29, 1.82) is 5.41 Å². The summed E-state index contributed by atoms with van der Waals surface area (Å²) < 4.78 is 6.27. The highest BCUT2D eigenvalue weighted by Gasteiger charge is 2.24. The molecule has 5 heteroatoms. The summed E-state index contributed by atoms with van der Waals surface area (Å²) in [5, 5.41) is 9.78. The van der Waals surface area contributed by atoms with Crippen molar-refractivity contribution < 1.29 is 4.42 Å². The lowest BCUT2D eigenvalue weighted by molar-refractivity contribution is 0.546. The maximum Gasteiger partial charge on any atom is 0.135 e. The summed E-state index contributed by atoms with van der Waals surface area (Å²) in [5.41, 5.74) is 18.9. The average Bonchev–Trinajstić information content (AvgIpc) is 3.95. The van der Waals surface area contributed by atoms with Crippen LogP contribution in [0, 0.1) is 12.3 Å². The van der Waals surface area contributed by atoms with Gasteiger partial charge in [0.05, 0.1) is 12.4 Å². The molecular formula is C51H66N4O. The molecule has 0 amide bonds. The second kappa shape index (κ2) is 28.7. The Hall–Kier alpha value is -5.74. The van der Waals surface area contributed by atoms with E-state index in [1.54, 1.807) is 6.08 Å². The molecule has 0 radical (unpaired) electrons. The molecule has 5 nitrogen and oxygen atoms in total. The fourth-order valence-electron chi connectivity index (χ4n) is 5.73. The summed E-state index contributed by atoms with van der Waals surface area (Å²) in [6.45, 7) is 22.9. The van der Waals surface area contributed by atoms with Crippen molar-refractivity contribution in [3.05, 3.63) is 173 Å². The Balaban J connectivity index is 0.000000590. The van der Waals surface area contributed by atoms with Gasteiger partial charge in [-0.2, -0.15) is 0 Å². The van der Waals surface area contributed by atoms with Crippen LogP contribution in [-0.2, 0) is 6.42 Å². The number of furan rings is 1. The van der Waals surface area contributed by atoms with Gasteiger partial charge in [0.25, 0.3) is 0 Å². The van der Waals surface area contributed by atoms with Crippen molar-refractivity contribution >= 4 is 46.4 Å². The third kappa shape index (κ3) is 14.5. The molecular weight excluding hydrogens is 685 g/mol. The Bertz CT molecular complexity index is 1990. The zero-order valence-corrected chi connectivity index (χ0v) is 35.5. The fourth-order valence-corrected chi connectivity index (χ4v) is 5.73. The molecule has 2 aliphatic rings. The van der Waals surface area contributed by atoms with Crippen LogP contribution in [0.3, 0.4) is 0 Å². The van der Waals surface area contributed by atoms with Gasteiger partial charge in [-0.25, -0.2) is 0 Å². The van der Waals surface area contributed by atoms with Crippen molar-refractivity contribution in [2.24, 2.45) is 10.7 Å². The molecule has 296 valence electrons. The predicted molar refractivity (Wildman–Crippen MR) is 250 cm³/mol. The number of anilines is 2. The van der Waals surface area contributed by atoms with E-state index in [0.29, 0.717) is 12.4 Å². The SMILES string of the molecule is C=C/C=C\C.C=NCN.CC.CC.CC.CN(c1ccc(C(=N)c2ccccc2)cc1)c1ccc2oc3c(c2c1C1=C=CCC1)C=CCC3.Cc1ccccc1. The van der Waals surface area contributed by atoms with Gasteiger partial charge in [-0.1, -0.05) is 157 Å². The largest absolute Gasteiger partial charge is 0.460 e. The second-order valence-corrected chi connectivity index (χ2v) is 11.7. The molecule has 0 bridgehead atoms. The number of nitrogens with two attached hydrogens (primary N) is 1.